The van der Waals surface area contributed by atoms with Gasteiger partial charge in [-0.1, -0.05) is 11.3 Å². The number of rotatable bonds is 4. The second-order valence-electron chi connectivity index (χ2n) is 8.12. The highest BCUT2D eigenvalue weighted by atomic mass is 16.2. The number of nitrogens with one attached hydrogen (secondary N) is 1. The summed E-state index contributed by atoms with van der Waals surface area (Å²) in [4.78, 5) is 42.9. The van der Waals surface area contributed by atoms with Gasteiger partial charge in [0.25, 0.3) is 5.91 Å². The normalized spacial score (nSPS) is 19.5. The van der Waals surface area contributed by atoms with Gasteiger partial charge in [-0.15, -0.1) is 5.10 Å². The number of aromatic nitrogens is 4. The number of nitrogens with zero attached hydrogens (tertiary/aromatic N) is 5. The minimum Gasteiger partial charge on any atom is -0.344 e. The van der Waals surface area contributed by atoms with Crippen molar-refractivity contribution in [2.24, 2.45) is 5.92 Å². The molecule has 0 spiro atoms. The zero-order chi connectivity index (χ0) is 20.8. The summed E-state index contributed by atoms with van der Waals surface area (Å²) in [6.45, 7) is 2.04. The highest BCUT2D eigenvalue weighted by molar-refractivity contribution is 6.06. The number of aromatic amines is 1. The summed E-state index contributed by atoms with van der Waals surface area (Å²) >= 11 is 0. The fourth-order valence-electron chi connectivity index (χ4n) is 4.31. The van der Waals surface area contributed by atoms with E-state index >= 15 is 0 Å². The van der Waals surface area contributed by atoms with Gasteiger partial charge in [0.2, 0.25) is 11.5 Å². The lowest BCUT2D eigenvalue weighted by Gasteiger charge is -2.39. The van der Waals surface area contributed by atoms with Crippen LogP contribution in [0.15, 0.2) is 41.3 Å². The van der Waals surface area contributed by atoms with Crippen LogP contribution >= 0.6 is 0 Å². The van der Waals surface area contributed by atoms with Crippen molar-refractivity contribution in [2.45, 2.75) is 18.9 Å². The number of fused-ring (bicyclic) bond motifs is 1. The Morgan fingerprint density at radius 1 is 1.20 bits per heavy atom. The van der Waals surface area contributed by atoms with E-state index in [0.717, 1.165) is 30.5 Å². The molecule has 3 aromatic rings. The number of amides is 2. The first-order chi connectivity index (χ1) is 14.5. The quantitative estimate of drug-likeness (QED) is 0.691. The molecule has 9 nitrogen and oxygen atoms in total. The molecule has 2 fully saturated rings. The average molecular weight is 406 g/mol. The van der Waals surface area contributed by atoms with E-state index in [2.05, 4.69) is 15.3 Å². The molecule has 5 rings (SSSR count). The van der Waals surface area contributed by atoms with Crippen LogP contribution < -0.4 is 5.56 Å². The number of pyridine rings is 1. The maximum absolute atomic E-state index is 12.9. The highest BCUT2D eigenvalue weighted by Gasteiger charge is 2.34. The predicted molar refractivity (Wildman–Crippen MR) is 109 cm³/mol. The van der Waals surface area contributed by atoms with Crippen LogP contribution in [0, 0.1) is 5.92 Å². The Balaban J connectivity index is 1.23. The molecule has 1 N–H and O–H groups in total. The molecule has 2 aliphatic heterocycles. The molecule has 2 saturated heterocycles. The Hall–Kier alpha value is -3.49. The fourth-order valence-corrected chi connectivity index (χ4v) is 4.31. The first-order valence-corrected chi connectivity index (χ1v) is 10.1. The molecule has 30 heavy (non-hydrogen) atoms. The molecule has 2 amide bonds. The predicted octanol–water partition coefficient (Wildman–Crippen LogP) is 0.837. The van der Waals surface area contributed by atoms with Crippen LogP contribution in [0.5, 0.6) is 0 Å². The van der Waals surface area contributed by atoms with E-state index in [-0.39, 0.29) is 23.4 Å². The molecule has 9 heteroatoms. The summed E-state index contributed by atoms with van der Waals surface area (Å²) in [5.74, 6) is 0.353. The van der Waals surface area contributed by atoms with Gasteiger partial charge >= 0.3 is 0 Å². The van der Waals surface area contributed by atoms with Gasteiger partial charge in [0.15, 0.2) is 0 Å². The molecule has 154 valence electrons. The van der Waals surface area contributed by atoms with Gasteiger partial charge in [-0.2, -0.15) is 0 Å². The van der Waals surface area contributed by atoms with Crippen molar-refractivity contribution in [1.82, 2.24) is 29.8 Å². The second kappa shape index (κ2) is 7.08. The van der Waals surface area contributed by atoms with Crippen LogP contribution in [0.2, 0.25) is 0 Å². The molecule has 0 radical (unpaired) electrons. The minimum absolute atomic E-state index is 0.0351. The molecule has 1 unspecified atom stereocenters. The lowest BCUT2D eigenvalue weighted by molar-refractivity contribution is -0.129. The van der Waals surface area contributed by atoms with Gasteiger partial charge in [-0.05, 0) is 37.0 Å². The Bertz CT molecular complexity index is 1190. The molecule has 2 aliphatic rings. The van der Waals surface area contributed by atoms with Crippen LogP contribution in [0.4, 0.5) is 0 Å². The van der Waals surface area contributed by atoms with Crippen LogP contribution in [0.1, 0.15) is 28.5 Å². The standard InChI is InChI=1S/C21H22N6O3/c1-25-8-7-18(21(25)30)27-12-14(23-24-27)9-13-10-26(11-13)20(29)16-3-2-4-17-15(16)5-6-19(28)22-17/h2-6,12-13,18H,7-11H2,1H3,(H,22,28). The Morgan fingerprint density at radius 3 is 2.80 bits per heavy atom. The van der Waals surface area contributed by atoms with Gasteiger partial charge in [0, 0.05) is 55.4 Å². The Morgan fingerprint density at radius 2 is 2.03 bits per heavy atom. The van der Waals surface area contributed by atoms with E-state index in [1.165, 1.54) is 6.07 Å². The summed E-state index contributed by atoms with van der Waals surface area (Å²) in [5, 5.41) is 9.12. The molecule has 2 aromatic heterocycles. The number of carbonyl (C=O) groups excluding carboxylic acids is 2. The van der Waals surface area contributed by atoms with E-state index < -0.39 is 0 Å². The van der Waals surface area contributed by atoms with Gasteiger partial charge in [-0.25, -0.2) is 4.68 Å². The van der Waals surface area contributed by atoms with Crippen molar-refractivity contribution in [3.63, 3.8) is 0 Å². The molecule has 0 bridgehead atoms. The smallest absolute Gasteiger partial charge is 0.254 e. The van der Waals surface area contributed by atoms with Gasteiger partial charge in [-0.3, -0.25) is 14.4 Å². The maximum Gasteiger partial charge on any atom is 0.254 e. The zero-order valence-corrected chi connectivity index (χ0v) is 16.6. The lowest BCUT2D eigenvalue weighted by Crippen LogP contribution is -2.50. The van der Waals surface area contributed by atoms with Crippen molar-refractivity contribution in [3.8, 4) is 0 Å². The maximum atomic E-state index is 12.9. The SMILES string of the molecule is CN1CCC(n2cc(CC3CN(C(=O)c4cccc5[nH]c(=O)ccc45)C3)nn2)C1=O. The minimum atomic E-state index is -0.256. The number of H-pyrrole nitrogens is 1. The Labute approximate surface area is 172 Å². The first kappa shape index (κ1) is 18.5. The van der Waals surface area contributed by atoms with Crippen LogP contribution in [0.25, 0.3) is 10.9 Å². The van der Waals surface area contributed by atoms with Crippen molar-refractivity contribution in [1.29, 1.82) is 0 Å². The third-order valence-corrected chi connectivity index (χ3v) is 6.01. The topological polar surface area (TPSA) is 104 Å². The van der Waals surface area contributed by atoms with Crippen molar-refractivity contribution < 1.29 is 9.59 Å². The number of hydrogen-bond donors (Lipinski definition) is 1. The van der Waals surface area contributed by atoms with E-state index in [4.69, 9.17) is 0 Å². The highest BCUT2D eigenvalue weighted by Crippen LogP contribution is 2.26. The van der Waals surface area contributed by atoms with Crippen LogP contribution in [-0.2, 0) is 11.2 Å². The summed E-state index contributed by atoms with van der Waals surface area (Å²) in [6, 6.07) is 8.24. The van der Waals surface area contributed by atoms with Crippen LogP contribution in [0.3, 0.4) is 0 Å². The number of likely N-dealkylation sites (tertiary alicyclic amines) is 2. The third kappa shape index (κ3) is 3.16. The average Bonchev–Trinajstić information content (AvgIpc) is 3.30. The molecular formula is C21H22N6O3. The molecule has 0 aliphatic carbocycles. The largest absolute Gasteiger partial charge is 0.344 e. The van der Waals surface area contributed by atoms with Crippen molar-refractivity contribution in [2.75, 3.05) is 26.7 Å². The fraction of sp³-hybridized carbons (Fsp3) is 0.381. The summed E-state index contributed by atoms with van der Waals surface area (Å²) in [7, 11) is 1.80. The summed E-state index contributed by atoms with van der Waals surface area (Å²) in [5.41, 5.74) is 1.92. The summed E-state index contributed by atoms with van der Waals surface area (Å²) in [6.07, 6.45) is 3.33. The van der Waals surface area contributed by atoms with E-state index in [1.807, 2.05) is 11.1 Å². The second-order valence-corrected chi connectivity index (χ2v) is 8.12. The van der Waals surface area contributed by atoms with Crippen LogP contribution in [-0.4, -0.2) is 68.3 Å². The molecule has 1 atom stereocenters. The van der Waals surface area contributed by atoms with E-state index in [9.17, 15) is 14.4 Å². The molecule has 0 saturated carbocycles. The monoisotopic (exact) mass is 406 g/mol. The van der Waals surface area contributed by atoms with Gasteiger partial charge < -0.3 is 14.8 Å². The zero-order valence-electron chi connectivity index (χ0n) is 16.6. The number of benzene rings is 1. The van der Waals surface area contributed by atoms with Gasteiger partial charge in [0.05, 0.1) is 5.69 Å². The van der Waals surface area contributed by atoms with Crippen molar-refractivity contribution >= 4 is 22.7 Å². The van der Waals surface area contributed by atoms with E-state index in [1.54, 1.807) is 40.9 Å². The lowest BCUT2D eigenvalue weighted by atomic mass is 9.93. The first-order valence-electron chi connectivity index (χ1n) is 10.1. The third-order valence-electron chi connectivity index (χ3n) is 6.01. The molecule has 1 aromatic carbocycles. The molecule has 4 heterocycles. The van der Waals surface area contributed by atoms with E-state index in [0.29, 0.717) is 30.1 Å². The number of hydrogen-bond acceptors (Lipinski definition) is 5. The van der Waals surface area contributed by atoms with Crippen molar-refractivity contribution in [3.05, 3.63) is 58.1 Å². The molecular weight excluding hydrogens is 384 g/mol. The number of carbonyl (C=O) groups is 2. The summed E-state index contributed by atoms with van der Waals surface area (Å²) < 4.78 is 1.67. The Kier molecular flexibility index (Phi) is 4.38. The number of likely N-dealkylation sites (N-methyl/N-ethyl adjacent to an activating group) is 1. The van der Waals surface area contributed by atoms with Gasteiger partial charge in [0.1, 0.15) is 6.04 Å².